The minimum absolute atomic E-state index is 0.00343. The van der Waals surface area contributed by atoms with Crippen LogP contribution in [0.2, 0.25) is 0 Å². The van der Waals surface area contributed by atoms with Crippen LogP contribution in [0, 0.1) is 23.7 Å². The van der Waals surface area contributed by atoms with Gasteiger partial charge in [0.1, 0.15) is 60.1 Å². The number of amides is 15. The largest absolute Gasteiger partial charge is 0.497 e. The number of primary amides is 3. The summed E-state index contributed by atoms with van der Waals surface area (Å²) in [4.78, 5) is 292. The Bertz CT molecular complexity index is 5300. The van der Waals surface area contributed by atoms with Crippen LogP contribution in [0.15, 0.2) is 97.6 Å². The number of likely N-dealkylation sites (N-methyl/N-ethyl adjacent to an activating group) is 3. The molecule has 0 spiro atoms. The Morgan fingerprint density at radius 1 is 0.590 bits per heavy atom. The number of carboxylic acid groups (broad SMARTS) is 1. The van der Waals surface area contributed by atoms with Crippen molar-refractivity contribution in [1.82, 2.24) is 77.1 Å². The Kier molecular flexibility index (Phi) is 40.9. The Labute approximate surface area is 809 Å². The molecule has 2 aliphatic carbocycles. The number of Topliss-reactive ketones (excluding diaryl/α,β-unsaturated/α-hetero) is 3. The number of carbonyl (C=O) groups is 19. The van der Waals surface area contributed by atoms with Crippen molar-refractivity contribution in [3.63, 3.8) is 0 Å². The number of nitrogens with two attached hydrogens (primary N) is 3. The number of nitrogens with one attached hydrogen (secondary N) is 10. The molecule has 139 heavy (non-hydrogen) atoms. The number of aromatic nitrogens is 3. The lowest BCUT2D eigenvalue weighted by Gasteiger charge is -2.36. The third kappa shape index (κ3) is 30.4. The third-order valence-electron chi connectivity index (χ3n) is 26.0. The summed E-state index contributed by atoms with van der Waals surface area (Å²) in [5.41, 5.74) is 20.2. The van der Waals surface area contributed by atoms with Crippen molar-refractivity contribution in [2.75, 3.05) is 52.9 Å². The van der Waals surface area contributed by atoms with Crippen molar-refractivity contribution in [1.29, 1.82) is 0 Å². The van der Waals surface area contributed by atoms with E-state index in [4.69, 9.17) is 21.9 Å². The summed E-state index contributed by atoms with van der Waals surface area (Å²) in [6.07, 6.45) is 0.0719. The highest BCUT2D eigenvalue weighted by Gasteiger charge is 2.48. The summed E-state index contributed by atoms with van der Waals surface area (Å²) < 4.78 is 5.35. The average molecular weight is 1950 g/mol. The van der Waals surface area contributed by atoms with Gasteiger partial charge < -0.3 is 109 Å². The number of hydrogen-bond acceptors (Lipinski definition) is 24. The number of aliphatic hydroxyl groups excluding tert-OH is 2. The number of methoxy groups -OCH3 is 1. The lowest BCUT2D eigenvalue weighted by atomic mass is 9.85. The minimum atomic E-state index is -1.80. The maximum atomic E-state index is 15.9. The monoisotopic (exact) mass is 1950 g/mol. The fourth-order valence-corrected chi connectivity index (χ4v) is 19.1. The summed E-state index contributed by atoms with van der Waals surface area (Å²) in [6.45, 7) is 7.28. The first-order valence-corrected chi connectivity index (χ1v) is 48.3. The van der Waals surface area contributed by atoms with Gasteiger partial charge in [-0.1, -0.05) is 114 Å². The number of benzene rings is 3. The molecule has 5 aromatic rings. The lowest BCUT2D eigenvalue weighted by molar-refractivity contribution is -0.149. The topological polar surface area (TPSA) is 626 Å². The second-order valence-corrected chi connectivity index (χ2v) is 37.7. The fraction of sp³-hybridized carbons (Fsp3) is 0.546. The first-order valence-electron chi connectivity index (χ1n) is 47.1. The van der Waals surface area contributed by atoms with Crippen LogP contribution in [0.25, 0.3) is 16.5 Å². The van der Waals surface area contributed by atoms with E-state index in [0.717, 1.165) is 31.4 Å². The summed E-state index contributed by atoms with van der Waals surface area (Å²) in [7, 11) is 5.36. The van der Waals surface area contributed by atoms with Crippen LogP contribution in [-0.4, -0.2) is 293 Å². The normalized spacial score (nSPS) is 25.8. The highest BCUT2D eigenvalue weighted by Crippen LogP contribution is 2.41. The Morgan fingerprint density at radius 3 is 1.86 bits per heavy atom. The van der Waals surface area contributed by atoms with Gasteiger partial charge in [0, 0.05) is 120 Å². The third-order valence-corrected chi connectivity index (χ3v) is 27.1. The van der Waals surface area contributed by atoms with Gasteiger partial charge in [-0.15, -0.1) is 11.8 Å². The minimum Gasteiger partial charge on any atom is -0.497 e. The molecule has 41 nitrogen and oxygen atoms in total. The molecule has 3 aromatic carbocycles. The van der Waals surface area contributed by atoms with Gasteiger partial charge in [0.25, 0.3) is 0 Å². The molecule has 2 aromatic heterocycles. The molecule has 0 bridgehead atoms. The molecule has 1 saturated carbocycles. The van der Waals surface area contributed by atoms with Gasteiger partial charge in [-0.2, -0.15) is 0 Å². The van der Waals surface area contributed by atoms with Crippen LogP contribution < -0.4 is 64.5 Å². The molecule has 4 aliphatic rings. The number of ether oxygens (including phenoxy) is 1. The number of aliphatic hydroxyl groups is 2. The first kappa shape index (κ1) is 109. The number of aliphatic carboxylic acids is 1. The van der Waals surface area contributed by atoms with Gasteiger partial charge in [-0.05, 0) is 110 Å². The maximum Gasteiger partial charge on any atom is 0.304 e. The molecule has 2 saturated heterocycles. The Balaban J connectivity index is 1.12. The smallest absolute Gasteiger partial charge is 0.304 e. The van der Waals surface area contributed by atoms with E-state index < -0.39 is 284 Å². The van der Waals surface area contributed by atoms with Crippen LogP contribution >= 0.6 is 11.8 Å². The molecule has 4 heterocycles. The second kappa shape index (κ2) is 52.0. The molecule has 3 fully saturated rings. The molecule has 9 rings (SSSR count). The van der Waals surface area contributed by atoms with Crippen LogP contribution in [-0.2, 0) is 110 Å². The SMILES string of the molecule is CCCC[C@H]1C(=O)N(C)[C@@H](CCCC)C(=O)N[C@@H](CC(C)C)C(=O)N[C@H](C(=O)CCC(N)=O)CSCC(=O)N[C@@H](Cc2ccc(OC)cc2)C(=O)N(C)[C@@H](C)C(=O)N[C@@H](CC(N)=O)C(=O)N2CCC[C@H]2C(=O)N[C@@H](Cc2c[nH]cn2)C(=O)N[C@@H](CCC(N)=O)C(=O)C2C[C@H](O)C[C@H]2C(=O)N[C@@H](Cc2c[nH]c3ccccc23)C(=O)C[C@@H](CO)C(=O)N[C@@H](CC2=CC(CC(=O)O)c3ccccc32)C(=O)N1C. The number of thioether (sulfide) groups is 1. The Hall–Kier alpha value is -13.3. The van der Waals surface area contributed by atoms with Crippen molar-refractivity contribution in [2.45, 2.75) is 260 Å². The van der Waals surface area contributed by atoms with Gasteiger partial charge in [0.15, 0.2) is 17.3 Å². The maximum absolute atomic E-state index is 15.9. The number of carbonyl (C=O) groups excluding carboxylic acids is 18. The van der Waals surface area contributed by atoms with E-state index >= 15 is 38.4 Å². The molecule has 0 radical (unpaired) electrons. The Morgan fingerprint density at radius 2 is 1.21 bits per heavy atom. The van der Waals surface area contributed by atoms with Crippen LogP contribution in [0.5, 0.6) is 5.75 Å². The summed E-state index contributed by atoms with van der Waals surface area (Å²) >= 11 is 0.833. The number of H-pyrrole nitrogens is 2. The van der Waals surface area contributed by atoms with Gasteiger partial charge in [-0.3, -0.25) is 91.1 Å². The molecule has 17 atom stereocenters. The van der Waals surface area contributed by atoms with Crippen LogP contribution in [0.1, 0.15) is 190 Å². The van der Waals surface area contributed by atoms with Crippen molar-refractivity contribution in [3.05, 3.63) is 126 Å². The number of hydrogen-bond donors (Lipinski definition) is 16. The van der Waals surface area contributed by atoms with Gasteiger partial charge in [0.05, 0.1) is 80.4 Å². The fourth-order valence-electron chi connectivity index (χ4n) is 18.2. The number of rotatable bonds is 29. The molecule has 42 heteroatoms. The number of fused-ring (bicyclic) bond motifs is 4. The van der Waals surface area contributed by atoms with Gasteiger partial charge >= 0.3 is 5.97 Å². The number of unbranched alkanes of at least 4 members (excludes halogenated alkanes) is 2. The van der Waals surface area contributed by atoms with Crippen molar-refractivity contribution in [2.24, 2.45) is 40.9 Å². The van der Waals surface area contributed by atoms with E-state index in [1.165, 1.54) is 47.7 Å². The predicted molar refractivity (Wildman–Crippen MR) is 509 cm³/mol. The highest BCUT2D eigenvalue weighted by atomic mass is 32.2. The molecule has 19 N–H and O–H groups in total. The zero-order chi connectivity index (χ0) is 102. The van der Waals surface area contributed by atoms with E-state index in [0.29, 0.717) is 70.2 Å². The standard InChI is InChI=1S/C97H132N18O23S/c1-10-12-23-76-92(132)107-70(35-52(3)4)90(130)111-75(79(118)31-33-82(99)121)49-139-50-84(123)104-72(36-54-26-28-61(138-9)29-27-54)94(134)112(6)53(5)87(127)109-74(45-83(100)122)96(136)115-34-18-25-77(115)93(133)108-71(42-59-47-101-51-103-59)91(131)105-68(30-32-81(98)120)86(126)65-43-60(117)44-66(65)89(129)106-69(39-57-46-102-67-22-17-16-21-64(57)67)80(119)40-58(48-116)88(128)110-73(95(135)114(8)78(24-13-11-2)97(137)113(76)7)38-55-37-56(41-85(124)125)63-20-15-14-19-62(55)63/h14-17,19-22,26-29,37,46-47,51-53,56,58,60,65-66,68-78,102,116-117H,10-13,18,23-25,30-36,38-45,48-50H2,1-9H3,(H2,98,120)(H2,99,121)(H2,100,122)(H,101,103)(H,104,123)(H,105,131)(H,106,129)(H,107,132)(H,108,133)(H,109,127)(H,110,128)(H,111,130)(H,124,125)/t53-,56?,58-,60-,65?,66+,68-,69-,70-,71-,72-,73-,74-,75-,76-,77-,78-/m0/s1. The number of para-hydroxylation sites is 1. The van der Waals surface area contributed by atoms with Crippen molar-refractivity contribution in [3.8, 4) is 5.75 Å². The van der Waals surface area contributed by atoms with E-state index in [-0.39, 0.29) is 81.7 Å². The van der Waals surface area contributed by atoms with Gasteiger partial charge in [0.2, 0.25) is 88.6 Å². The predicted octanol–water partition coefficient (Wildman–Crippen LogP) is 1.02. The summed E-state index contributed by atoms with van der Waals surface area (Å²) in [5.74, 6) is -23.7. The van der Waals surface area contributed by atoms with Gasteiger partial charge in [-0.25, -0.2) is 4.98 Å². The number of nitrogens with zero attached hydrogens (tertiary/aromatic N) is 5. The van der Waals surface area contributed by atoms with E-state index in [9.17, 15) is 68.1 Å². The lowest BCUT2D eigenvalue weighted by Crippen LogP contribution is -2.60. The molecular formula is C97H132N18O23S. The number of ketones is 3. The first-order chi connectivity index (χ1) is 66.1. The molecule has 15 amide bonds. The molecular weight excluding hydrogens is 1820 g/mol. The van der Waals surface area contributed by atoms with Crippen molar-refractivity contribution < 1.29 is 111 Å². The van der Waals surface area contributed by atoms with Crippen molar-refractivity contribution >= 4 is 140 Å². The highest BCUT2D eigenvalue weighted by molar-refractivity contribution is 8.00. The number of imidazole rings is 1. The number of aromatic amines is 2. The quantitative estimate of drug-likeness (QED) is 0.0318. The van der Waals surface area contributed by atoms with Crippen LogP contribution in [0.4, 0.5) is 0 Å². The second-order valence-electron chi connectivity index (χ2n) is 36.7. The zero-order valence-corrected chi connectivity index (χ0v) is 80.7. The number of carboxylic acids is 1. The van der Waals surface area contributed by atoms with Crippen LogP contribution in [0.3, 0.4) is 0 Å². The molecule has 754 valence electrons. The van der Waals surface area contributed by atoms with E-state index in [1.807, 2.05) is 13.8 Å². The average Bonchev–Trinajstić information content (AvgIpc) is 1.64. The summed E-state index contributed by atoms with van der Waals surface area (Å²) in [6, 6.07) is 1.71. The molecule has 2 unspecified atom stereocenters. The van der Waals surface area contributed by atoms with E-state index in [2.05, 4.69) is 57.5 Å². The van der Waals surface area contributed by atoms with E-state index in [1.54, 1.807) is 98.9 Å². The zero-order valence-electron chi connectivity index (χ0n) is 79.9. The number of allylic oxidation sites excluding steroid dienone is 1. The summed E-state index contributed by atoms with van der Waals surface area (Å²) in [5, 5.41) is 55.3. The molecule has 2 aliphatic heterocycles.